The molecule has 0 saturated carbocycles. The van der Waals surface area contributed by atoms with E-state index in [4.69, 9.17) is 26.0 Å². The topological polar surface area (TPSA) is 54.3 Å². The van der Waals surface area contributed by atoms with Crippen LogP contribution in [0.1, 0.15) is 11.1 Å². The summed E-state index contributed by atoms with van der Waals surface area (Å²) >= 11 is 9.18. The lowest BCUT2D eigenvalue weighted by Crippen LogP contribution is -2.05. The van der Waals surface area contributed by atoms with Gasteiger partial charge in [-0.15, -0.1) is 0 Å². The van der Waals surface area contributed by atoms with Crippen LogP contribution in [0, 0.1) is 0 Å². The van der Waals surface area contributed by atoms with Gasteiger partial charge in [-0.1, -0.05) is 24.4 Å². The third-order valence-corrected chi connectivity index (χ3v) is 5.44. The van der Waals surface area contributed by atoms with Crippen LogP contribution in [0.5, 0.6) is 11.5 Å². The first kappa shape index (κ1) is 19.1. The molecule has 0 heterocycles. The molecule has 24 heavy (non-hydrogen) atoms. The summed E-state index contributed by atoms with van der Waals surface area (Å²) in [7, 11) is 1.04. The maximum atomic E-state index is 9.03. The zero-order valence-corrected chi connectivity index (χ0v) is 16.3. The molecule has 1 unspecified atom stereocenters. The van der Waals surface area contributed by atoms with E-state index in [0.29, 0.717) is 13.3 Å². The summed E-state index contributed by atoms with van der Waals surface area (Å²) in [6.45, 7) is 0.00987. The highest BCUT2D eigenvalue weighted by atomic mass is 32.7. The molecule has 0 aliphatic rings. The molecule has 0 aromatic heterocycles. The minimum absolute atomic E-state index is 0.00987. The molecule has 0 radical (unpaired) electrons. The first-order chi connectivity index (χ1) is 11.6. The molecule has 1 atom stereocenters. The molecule has 2 aromatic carbocycles. The van der Waals surface area contributed by atoms with Crippen molar-refractivity contribution in [3.63, 3.8) is 0 Å². The molecule has 9 heteroatoms. The zero-order valence-electron chi connectivity index (χ0n) is 12.8. The summed E-state index contributed by atoms with van der Waals surface area (Å²) in [6, 6.07) is 14.7. The van der Waals surface area contributed by atoms with Crippen molar-refractivity contribution < 1.29 is 14.2 Å². The van der Waals surface area contributed by atoms with Crippen LogP contribution in [-0.4, -0.2) is 23.1 Å². The second-order valence-electron chi connectivity index (χ2n) is 4.61. The fourth-order valence-corrected chi connectivity index (χ4v) is 3.12. The van der Waals surface area contributed by atoms with Crippen LogP contribution in [0.2, 0.25) is 0 Å². The number of rotatable bonds is 8. The van der Waals surface area contributed by atoms with Gasteiger partial charge in [-0.3, -0.25) is 0 Å². The maximum Gasteiger partial charge on any atom is 0.271 e. The van der Waals surface area contributed by atoms with Crippen LogP contribution in [0.3, 0.4) is 0 Å². The zero-order chi connectivity index (χ0) is 17.4. The van der Waals surface area contributed by atoms with E-state index in [2.05, 4.69) is 17.4 Å². The SMILES string of the molecule is CN(/N=C\c1ccc(OP=S)cc1)P(S)Oc1ccc(CO)cc1. The first-order valence-electron chi connectivity index (χ1n) is 6.86. The lowest BCUT2D eigenvalue weighted by atomic mass is 10.2. The Morgan fingerprint density at radius 2 is 1.83 bits per heavy atom. The molecular formula is C15H16N2O3P2S2. The minimum Gasteiger partial charge on any atom is -0.443 e. The van der Waals surface area contributed by atoms with Crippen molar-refractivity contribution in [2.24, 2.45) is 5.10 Å². The molecule has 0 fully saturated rings. The lowest BCUT2D eigenvalue weighted by molar-refractivity contribution is 0.282. The van der Waals surface area contributed by atoms with E-state index in [0.717, 1.165) is 16.9 Å². The van der Waals surface area contributed by atoms with E-state index < -0.39 is 7.50 Å². The van der Waals surface area contributed by atoms with E-state index >= 15 is 0 Å². The van der Waals surface area contributed by atoms with Crippen LogP contribution in [0.15, 0.2) is 53.6 Å². The third kappa shape index (κ3) is 6.00. The van der Waals surface area contributed by atoms with E-state index in [9.17, 15) is 0 Å². The second-order valence-corrected chi connectivity index (χ2v) is 7.69. The van der Waals surface area contributed by atoms with Gasteiger partial charge in [0, 0.05) is 7.05 Å². The van der Waals surface area contributed by atoms with Crippen LogP contribution in [0.4, 0.5) is 0 Å². The Balaban J connectivity index is 1.91. The van der Waals surface area contributed by atoms with Gasteiger partial charge in [0.2, 0.25) is 7.58 Å². The molecular weight excluding hydrogens is 382 g/mol. The van der Waals surface area contributed by atoms with Crippen molar-refractivity contribution in [3.8, 4) is 11.5 Å². The average molecular weight is 398 g/mol. The Hall–Kier alpha value is -1.23. The number of thiol groups is 1. The first-order valence-corrected chi connectivity index (χ1v) is 11.1. The Kier molecular flexibility index (Phi) is 7.89. The van der Waals surface area contributed by atoms with E-state index in [1.165, 1.54) is 0 Å². The lowest BCUT2D eigenvalue weighted by Gasteiger charge is -2.20. The minimum atomic E-state index is -1.21. The summed E-state index contributed by atoms with van der Waals surface area (Å²) in [5, 5.41) is 13.4. The molecule has 0 aliphatic carbocycles. The highest BCUT2D eigenvalue weighted by Gasteiger charge is 2.11. The summed E-state index contributed by atoms with van der Waals surface area (Å²) in [4.78, 5) is 0. The number of aliphatic hydroxyl groups is 1. The standard InChI is InChI=1S/C15H16N2O3P2S2/c1-17(16-10-12-2-6-14(7-3-12)19-21-23)22(24)20-15-8-4-13(11-18)5-9-15/h2-10,18,24H,11H2,1H3/b16-10-. The van der Waals surface area contributed by atoms with Crippen molar-refractivity contribution >= 4 is 45.4 Å². The number of hydrogen-bond acceptors (Lipinski definition) is 7. The number of benzene rings is 2. The number of nitrogens with zero attached hydrogens (tertiary/aromatic N) is 2. The van der Waals surface area contributed by atoms with Crippen LogP contribution in [-0.2, 0) is 18.4 Å². The molecule has 1 N–H and O–H groups in total. The number of hydrazone groups is 1. The van der Waals surface area contributed by atoms with Gasteiger partial charge in [0.15, 0.2) is 0 Å². The van der Waals surface area contributed by atoms with Gasteiger partial charge < -0.3 is 14.2 Å². The monoisotopic (exact) mass is 398 g/mol. The van der Waals surface area contributed by atoms with Gasteiger partial charge in [-0.05, 0) is 59.3 Å². The molecule has 126 valence electrons. The van der Waals surface area contributed by atoms with Crippen LogP contribution < -0.4 is 9.05 Å². The predicted molar refractivity (Wildman–Crippen MR) is 106 cm³/mol. The fourth-order valence-electron chi connectivity index (χ4n) is 1.66. The maximum absolute atomic E-state index is 9.03. The van der Waals surface area contributed by atoms with Gasteiger partial charge in [0.05, 0.1) is 12.8 Å². The molecule has 2 aromatic rings. The third-order valence-electron chi connectivity index (χ3n) is 2.94. The Labute approximate surface area is 154 Å². The Morgan fingerprint density at radius 3 is 2.42 bits per heavy atom. The van der Waals surface area contributed by atoms with E-state index in [-0.39, 0.29) is 6.61 Å². The summed E-state index contributed by atoms with van der Waals surface area (Å²) < 4.78 is 12.6. The van der Waals surface area contributed by atoms with Crippen LogP contribution in [0.25, 0.3) is 0 Å². The normalized spacial score (nSPS) is 12.3. The van der Waals surface area contributed by atoms with Crippen molar-refractivity contribution in [3.05, 3.63) is 59.7 Å². The highest BCUT2D eigenvalue weighted by Crippen LogP contribution is 2.45. The quantitative estimate of drug-likeness (QED) is 0.299. The Morgan fingerprint density at radius 1 is 1.21 bits per heavy atom. The van der Waals surface area contributed by atoms with E-state index in [1.807, 2.05) is 24.3 Å². The van der Waals surface area contributed by atoms with Gasteiger partial charge in [0.25, 0.3) is 7.50 Å². The molecule has 0 saturated heterocycles. The van der Waals surface area contributed by atoms with Gasteiger partial charge in [-0.2, -0.15) is 5.10 Å². The van der Waals surface area contributed by atoms with Gasteiger partial charge in [-0.25, -0.2) is 4.78 Å². The largest absolute Gasteiger partial charge is 0.443 e. The molecule has 2 rings (SSSR count). The second kappa shape index (κ2) is 9.92. The van der Waals surface area contributed by atoms with Gasteiger partial charge in [0.1, 0.15) is 11.5 Å². The molecule has 0 aliphatic heterocycles. The molecule has 0 spiro atoms. The highest BCUT2D eigenvalue weighted by molar-refractivity contribution is 8.42. The van der Waals surface area contributed by atoms with Crippen LogP contribution >= 0.6 is 27.3 Å². The molecule has 0 amide bonds. The predicted octanol–water partition coefficient (Wildman–Crippen LogP) is 4.38. The number of hydrogen-bond donors (Lipinski definition) is 2. The summed E-state index contributed by atoms with van der Waals surface area (Å²) in [5.74, 6) is 1.41. The number of aliphatic hydroxyl groups excluding tert-OH is 1. The molecule has 0 bridgehead atoms. The van der Waals surface area contributed by atoms with Crippen molar-refractivity contribution in [1.29, 1.82) is 0 Å². The smallest absolute Gasteiger partial charge is 0.271 e. The fraction of sp³-hybridized carbons (Fsp3) is 0.133. The summed E-state index contributed by atoms with van der Waals surface area (Å²) in [5.41, 5.74) is 1.76. The summed E-state index contributed by atoms with van der Waals surface area (Å²) in [6.07, 6.45) is 1.72. The van der Waals surface area contributed by atoms with E-state index in [1.54, 1.807) is 42.3 Å². The van der Waals surface area contributed by atoms with Gasteiger partial charge >= 0.3 is 0 Å². The van der Waals surface area contributed by atoms with Crippen molar-refractivity contribution in [2.45, 2.75) is 6.61 Å². The Bertz CT molecular complexity index is 684. The average Bonchev–Trinajstić information content (AvgIpc) is 2.61. The van der Waals surface area contributed by atoms with Crippen molar-refractivity contribution in [2.75, 3.05) is 7.05 Å². The van der Waals surface area contributed by atoms with Crippen molar-refractivity contribution in [1.82, 2.24) is 4.78 Å². The molecule has 5 nitrogen and oxygen atoms in total.